The van der Waals surface area contributed by atoms with Gasteiger partial charge in [-0.15, -0.1) is 0 Å². The first kappa shape index (κ1) is 8.09. The first-order valence-electron chi connectivity index (χ1n) is 4.87. The van der Waals surface area contributed by atoms with Crippen LogP contribution in [0.3, 0.4) is 0 Å². The molecule has 2 aliphatic rings. The molecular weight excluding hydrogens is 152 g/mol. The van der Waals surface area contributed by atoms with E-state index in [0.717, 1.165) is 0 Å². The van der Waals surface area contributed by atoms with Crippen molar-refractivity contribution in [1.82, 2.24) is 0 Å². The van der Waals surface area contributed by atoms with Gasteiger partial charge in [-0.1, -0.05) is 20.3 Å². The summed E-state index contributed by atoms with van der Waals surface area (Å²) in [7, 11) is 0. The van der Waals surface area contributed by atoms with Crippen LogP contribution < -0.4 is 0 Å². The highest BCUT2D eigenvalue weighted by atomic mass is 16.5. The Morgan fingerprint density at radius 1 is 1.33 bits per heavy atom. The summed E-state index contributed by atoms with van der Waals surface area (Å²) >= 11 is 0. The van der Waals surface area contributed by atoms with E-state index in [1.807, 2.05) is 0 Å². The van der Waals surface area contributed by atoms with Crippen molar-refractivity contribution in [1.29, 1.82) is 0 Å². The minimum absolute atomic E-state index is 0.0547. The van der Waals surface area contributed by atoms with Crippen molar-refractivity contribution < 1.29 is 9.53 Å². The molecule has 4 atom stereocenters. The van der Waals surface area contributed by atoms with E-state index in [9.17, 15) is 4.79 Å². The normalized spacial score (nSPS) is 47.0. The third kappa shape index (κ3) is 1.05. The van der Waals surface area contributed by atoms with Gasteiger partial charge in [-0.05, 0) is 18.3 Å². The lowest BCUT2D eigenvalue weighted by Gasteiger charge is -2.32. The van der Waals surface area contributed by atoms with E-state index in [0.29, 0.717) is 24.4 Å². The second-order valence-electron chi connectivity index (χ2n) is 4.33. The van der Waals surface area contributed by atoms with Crippen molar-refractivity contribution in [3.63, 3.8) is 0 Å². The Hall–Kier alpha value is -0.530. The maximum absolute atomic E-state index is 11.3. The molecule has 0 spiro atoms. The summed E-state index contributed by atoms with van der Waals surface area (Å²) in [5, 5.41) is 0. The van der Waals surface area contributed by atoms with E-state index >= 15 is 0 Å². The zero-order chi connectivity index (χ0) is 8.72. The zero-order valence-electron chi connectivity index (χ0n) is 7.75. The lowest BCUT2D eigenvalue weighted by Crippen LogP contribution is -2.32. The van der Waals surface area contributed by atoms with Crippen LogP contribution in [0.4, 0.5) is 0 Å². The van der Waals surface area contributed by atoms with Gasteiger partial charge >= 0.3 is 5.97 Å². The fraction of sp³-hybridized carbons (Fsp3) is 0.900. The van der Waals surface area contributed by atoms with Gasteiger partial charge in [0, 0.05) is 5.92 Å². The number of rotatable bonds is 0. The molecule has 0 aromatic carbocycles. The van der Waals surface area contributed by atoms with E-state index in [2.05, 4.69) is 13.8 Å². The van der Waals surface area contributed by atoms with E-state index in [1.54, 1.807) is 0 Å². The van der Waals surface area contributed by atoms with Gasteiger partial charge in [-0.3, -0.25) is 4.79 Å². The predicted molar refractivity (Wildman–Crippen MR) is 45.5 cm³/mol. The summed E-state index contributed by atoms with van der Waals surface area (Å²) in [6.45, 7) is 5.11. The molecule has 2 nitrogen and oxygen atoms in total. The summed E-state index contributed by atoms with van der Waals surface area (Å²) in [6.07, 6.45) is 2.45. The standard InChI is InChI=1S/C10H16O2/c1-6-3-4-8-5-12-10(11)9(8)7(6)2/h6-9H,3-5H2,1-2H3. The molecule has 0 bridgehead atoms. The molecule has 12 heavy (non-hydrogen) atoms. The van der Waals surface area contributed by atoms with Crippen LogP contribution in [0, 0.1) is 23.7 Å². The molecule has 0 N–H and O–H groups in total. The molecule has 1 aliphatic heterocycles. The number of cyclic esters (lactones) is 1. The molecule has 1 saturated carbocycles. The van der Waals surface area contributed by atoms with Crippen molar-refractivity contribution in [2.45, 2.75) is 26.7 Å². The first-order chi connectivity index (χ1) is 5.70. The lowest BCUT2D eigenvalue weighted by atomic mass is 9.69. The smallest absolute Gasteiger partial charge is 0.309 e. The van der Waals surface area contributed by atoms with Gasteiger partial charge in [0.1, 0.15) is 0 Å². The van der Waals surface area contributed by atoms with E-state index < -0.39 is 0 Å². The number of esters is 1. The van der Waals surface area contributed by atoms with Crippen LogP contribution in [0.15, 0.2) is 0 Å². The third-order valence-electron chi connectivity index (χ3n) is 3.68. The molecule has 1 heterocycles. The molecule has 1 saturated heterocycles. The van der Waals surface area contributed by atoms with Gasteiger partial charge in [-0.25, -0.2) is 0 Å². The highest BCUT2D eigenvalue weighted by Gasteiger charge is 2.44. The van der Waals surface area contributed by atoms with Crippen LogP contribution in [-0.2, 0) is 9.53 Å². The van der Waals surface area contributed by atoms with Crippen LogP contribution in [0.2, 0.25) is 0 Å². The third-order valence-corrected chi connectivity index (χ3v) is 3.68. The highest BCUT2D eigenvalue weighted by Crippen LogP contribution is 2.42. The number of carbonyl (C=O) groups is 1. The van der Waals surface area contributed by atoms with Crippen LogP contribution in [0.5, 0.6) is 0 Å². The second-order valence-corrected chi connectivity index (χ2v) is 4.33. The topological polar surface area (TPSA) is 26.3 Å². The van der Waals surface area contributed by atoms with Gasteiger partial charge in [0.05, 0.1) is 12.5 Å². The molecule has 0 aromatic heterocycles. The summed E-state index contributed by atoms with van der Waals surface area (Å²) in [5.41, 5.74) is 0. The Bertz CT molecular complexity index is 200. The minimum Gasteiger partial charge on any atom is -0.465 e. The van der Waals surface area contributed by atoms with Gasteiger partial charge < -0.3 is 4.74 Å². The second kappa shape index (κ2) is 2.75. The quantitative estimate of drug-likeness (QED) is 0.516. The largest absolute Gasteiger partial charge is 0.465 e. The fourth-order valence-corrected chi connectivity index (χ4v) is 2.58. The molecule has 0 aromatic rings. The monoisotopic (exact) mass is 168 g/mol. The zero-order valence-corrected chi connectivity index (χ0v) is 7.75. The van der Waals surface area contributed by atoms with Gasteiger partial charge in [0.25, 0.3) is 0 Å². The van der Waals surface area contributed by atoms with E-state index in [4.69, 9.17) is 4.74 Å². The van der Waals surface area contributed by atoms with Crippen LogP contribution in [-0.4, -0.2) is 12.6 Å². The highest BCUT2D eigenvalue weighted by molar-refractivity contribution is 5.75. The first-order valence-corrected chi connectivity index (χ1v) is 4.87. The van der Waals surface area contributed by atoms with Crippen LogP contribution in [0.25, 0.3) is 0 Å². The van der Waals surface area contributed by atoms with Crippen molar-refractivity contribution in [2.24, 2.45) is 23.7 Å². The minimum atomic E-state index is 0.0547. The van der Waals surface area contributed by atoms with Crippen molar-refractivity contribution in [3.8, 4) is 0 Å². The maximum Gasteiger partial charge on any atom is 0.309 e. The van der Waals surface area contributed by atoms with Gasteiger partial charge in [0.2, 0.25) is 0 Å². The van der Waals surface area contributed by atoms with Gasteiger partial charge in [-0.2, -0.15) is 0 Å². The summed E-state index contributed by atoms with van der Waals surface area (Å²) in [4.78, 5) is 11.3. The average molecular weight is 168 g/mol. The lowest BCUT2D eigenvalue weighted by molar-refractivity contribution is -0.143. The number of carbonyl (C=O) groups excluding carboxylic acids is 1. The Labute approximate surface area is 73.3 Å². The number of hydrogen-bond acceptors (Lipinski definition) is 2. The maximum atomic E-state index is 11.3. The Balaban J connectivity index is 2.16. The van der Waals surface area contributed by atoms with Gasteiger partial charge in [0.15, 0.2) is 0 Å². The molecule has 68 valence electrons. The summed E-state index contributed by atoms with van der Waals surface area (Å²) < 4.78 is 5.08. The molecule has 0 radical (unpaired) electrons. The fourth-order valence-electron chi connectivity index (χ4n) is 2.58. The number of ether oxygens (including phenoxy) is 1. The molecule has 2 heteroatoms. The number of hydrogen-bond donors (Lipinski definition) is 0. The predicted octanol–water partition coefficient (Wildman–Crippen LogP) is 1.84. The molecule has 2 rings (SSSR count). The average Bonchev–Trinajstić information content (AvgIpc) is 2.41. The van der Waals surface area contributed by atoms with Crippen molar-refractivity contribution >= 4 is 5.97 Å². The van der Waals surface area contributed by atoms with Crippen LogP contribution >= 0.6 is 0 Å². The van der Waals surface area contributed by atoms with E-state index in [-0.39, 0.29) is 11.9 Å². The molecule has 1 aliphatic carbocycles. The van der Waals surface area contributed by atoms with Crippen molar-refractivity contribution in [2.75, 3.05) is 6.61 Å². The van der Waals surface area contributed by atoms with E-state index in [1.165, 1.54) is 12.8 Å². The Kier molecular flexibility index (Phi) is 1.85. The molecule has 2 fully saturated rings. The Morgan fingerprint density at radius 3 is 2.83 bits per heavy atom. The summed E-state index contributed by atoms with van der Waals surface area (Å²) in [5.74, 6) is 2.02. The Morgan fingerprint density at radius 2 is 2.08 bits per heavy atom. The molecule has 4 unspecified atom stereocenters. The molecular formula is C10H16O2. The van der Waals surface area contributed by atoms with Crippen molar-refractivity contribution in [3.05, 3.63) is 0 Å². The van der Waals surface area contributed by atoms with Crippen LogP contribution in [0.1, 0.15) is 26.7 Å². The number of fused-ring (bicyclic) bond motifs is 1. The molecule has 0 amide bonds. The SMILES string of the molecule is CC1CCC2COC(=O)C2C1C. The summed E-state index contributed by atoms with van der Waals surface area (Å²) in [6, 6.07) is 0.